The zero-order valence-corrected chi connectivity index (χ0v) is 18.7. The van der Waals surface area contributed by atoms with Crippen LogP contribution in [0.1, 0.15) is 49.4 Å². The van der Waals surface area contributed by atoms with E-state index in [4.69, 9.17) is 11.1 Å². The highest BCUT2D eigenvalue weighted by Gasteiger charge is 2.62. The van der Waals surface area contributed by atoms with Crippen LogP contribution in [0.4, 0.5) is 4.39 Å². The fourth-order valence-electron chi connectivity index (χ4n) is 6.55. The Morgan fingerprint density at radius 1 is 1.16 bits per heavy atom. The van der Waals surface area contributed by atoms with Gasteiger partial charge in [-0.05, 0) is 48.6 Å². The van der Waals surface area contributed by atoms with Crippen molar-refractivity contribution in [2.45, 2.75) is 51.4 Å². The fraction of sp³-hybridized carbons (Fsp3) is 0.462. The third kappa shape index (κ3) is 3.32. The van der Waals surface area contributed by atoms with Crippen molar-refractivity contribution in [3.05, 3.63) is 71.0 Å². The second-order valence-electron chi connectivity index (χ2n) is 9.86. The minimum absolute atomic E-state index is 0.0560. The maximum absolute atomic E-state index is 13.9. The van der Waals surface area contributed by atoms with Crippen molar-refractivity contribution in [3.63, 3.8) is 0 Å². The first-order chi connectivity index (χ1) is 15.4. The molecule has 3 saturated heterocycles. The van der Waals surface area contributed by atoms with Crippen LogP contribution in [0.15, 0.2) is 48.5 Å². The lowest BCUT2D eigenvalue weighted by atomic mass is 9.79. The summed E-state index contributed by atoms with van der Waals surface area (Å²) in [4.78, 5) is 18.6. The molecule has 0 spiro atoms. The molecule has 2 aromatic rings. The van der Waals surface area contributed by atoms with Crippen LogP contribution in [0.3, 0.4) is 0 Å². The van der Waals surface area contributed by atoms with E-state index in [1.165, 1.54) is 12.1 Å². The smallest absolute Gasteiger partial charge is 0.228 e. The third-order valence-electron chi connectivity index (χ3n) is 7.73. The van der Waals surface area contributed by atoms with Gasteiger partial charge in [-0.1, -0.05) is 50.2 Å². The number of carbonyl (C=O) groups excluding carboxylic acids is 1. The van der Waals surface area contributed by atoms with E-state index >= 15 is 0 Å². The Balaban J connectivity index is 1.52. The van der Waals surface area contributed by atoms with Crippen LogP contribution < -0.4 is 5.73 Å². The minimum atomic E-state index is -0.255. The minimum Gasteiger partial charge on any atom is -0.384 e. The van der Waals surface area contributed by atoms with Crippen molar-refractivity contribution in [1.29, 1.82) is 5.41 Å². The lowest BCUT2D eigenvalue weighted by molar-refractivity contribution is -0.134. The van der Waals surface area contributed by atoms with Crippen molar-refractivity contribution < 1.29 is 9.18 Å². The van der Waals surface area contributed by atoms with Crippen LogP contribution in [-0.2, 0) is 11.3 Å². The quantitative estimate of drug-likeness (QED) is 0.553. The first-order valence-corrected chi connectivity index (χ1v) is 11.6. The monoisotopic (exact) mass is 434 g/mol. The van der Waals surface area contributed by atoms with E-state index < -0.39 is 0 Å². The number of hydrogen-bond acceptors (Lipinski definition) is 3. The number of hydrogen-bond donors (Lipinski definition) is 2. The summed E-state index contributed by atoms with van der Waals surface area (Å²) < 4.78 is 13.4. The molecule has 3 N–H and O–H groups in total. The summed E-state index contributed by atoms with van der Waals surface area (Å²) in [5.41, 5.74) is 8.46. The van der Waals surface area contributed by atoms with Crippen molar-refractivity contribution in [2.24, 2.45) is 23.5 Å². The molecule has 3 heterocycles. The molecule has 5 rings (SSSR count). The van der Waals surface area contributed by atoms with Gasteiger partial charge in [0.1, 0.15) is 11.7 Å². The van der Waals surface area contributed by atoms with Gasteiger partial charge in [-0.25, -0.2) is 4.39 Å². The number of nitrogens with zero attached hydrogens (tertiary/aromatic N) is 2. The van der Waals surface area contributed by atoms with Crippen LogP contribution in [0.2, 0.25) is 0 Å². The molecule has 168 valence electrons. The van der Waals surface area contributed by atoms with E-state index in [-0.39, 0.29) is 35.6 Å². The molecule has 3 aliphatic rings. The molecule has 1 amide bonds. The summed E-state index contributed by atoms with van der Waals surface area (Å²) in [6.45, 7) is 5.98. The first-order valence-electron chi connectivity index (χ1n) is 11.6. The number of nitrogen functional groups attached to an aromatic ring is 1. The van der Waals surface area contributed by atoms with Gasteiger partial charge >= 0.3 is 0 Å². The van der Waals surface area contributed by atoms with Crippen molar-refractivity contribution in [1.82, 2.24) is 9.80 Å². The van der Waals surface area contributed by atoms with Gasteiger partial charge in [-0.2, -0.15) is 0 Å². The van der Waals surface area contributed by atoms with Gasteiger partial charge in [0.15, 0.2) is 0 Å². The third-order valence-corrected chi connectivity index (χ3v) is 7.73. The van der Waals surface area contributed by atoms with E-state index in [0.29, 0.717) is 30.0 Å². The van der Waals surface area contributed by atoms with Gasteiger partial charge in [-0.3, -0.25) is 15.1 Å². The zero-order valence-electron chi connectivity index (χ0n) is 18.7. The fourth-order valence-corrected chi connectivity index (χ4v) is 6.55. The predicted octanol–water partition coefficient (Wildman–Crippen LogP) is 3.93. The summed E-state index contributed by atoms with van der Waals surface area (Å²) >= 11 is 0. The maximum Gasteiger partial charge on any atom is 0.228 e. The van der Waals surface area contributed by atoms with E-state index in [9.17, 15) is 9.18 Å². The van der Waals surface area contributed by atoms with E-state index in [2.05, 4.69) is 23.6 Å². The second-order valence-corrected chi connectivity index (χ2v) is 9.86. The highest BCUT2D eigenvalue weighted by Crippen LogP contribution is 2.56. The second kappa shape index (κ2) is 8.00. The van der Waals surface area contributed by atoms with Gasteiger partial charge < -0.3 is 10.6 Å². The number of carbonyl (C=O) groups is 1. The molecule has 6 heteroatoms. The number of halogens is 1. The summed E-state index contributed by atoms with van der Waals surface area (Å²) in [5.74, 6) is 0.583. The highest BCUT2D eigenvalue weighted by atomic mass is 19.1. The molecule has 32 heavy (non-hydrogen) atoms. The SMILES string of the molecule is CC(C)[C@@H]1[C@H]2[C@@H](C(=O)N1Cc1ccc(F)cc1)[C@@H](c1ccc(C(=N)N)cc1)N1CCC[C@H]21. The molecule has 5 nitrogen and oxygen atoms in total. The van der Waals surface area contributed by atoms with Crippen LogP contribution >= 0.6 is 0 Å². The van der Waals surface area contributed by atoms with E-state index in [1.807, 2.05) is 24.3 Å². The van der Waals surface area contributed by atoms with Crippen molar-refractivity contribution in [2.75, 3.05) is 6.54 Å². The Morgan fingerprint density at radius 2 is 1.84 bits per heavy atom. The van der Waals surface area contributed by atoms with Crippen LogP contribution in [0.5, 0.6) is 0 Å². The molecular weight excluding hydrogens is 403 g/mol. The molecular formula is C26H31FN4O. The standard InChI is InChI=1S/C26H31FN4O/c1-15(2)23-21-20-4-3-13-30(20)24(17-7-9-18(10-8-17)25(28)29)22(21)26(32)31(23)14-16-5-11-19(27)12-6-16/h5-12,15,20-24H,3-4,13-14H2,1-2H3,(H3,28,29)/t20-,21-,22-,23-,24-/m1/s1. The Hall–Kier alpha value is -2.73. The lowest BCUT2D eigenvalue weighted by Crippen LogP contribution is -2.44. The van der Waals surface area contributed by atoms with Gasteiger partial charge in [0.25, 0.3) is 0 Å². The van der Waals surface area contributed by atoms with Gasteiger partial charge in [0, 0.05) is 36.2 Å². The van der Waals surface area contributed by atoms with Gasteiger partial charge in [-0.15, -0.1) is 0 Å². The average Bonchev–Trinajstić information content (AvgIpc) is 3.42. The molecule has 0 bridgehead atoms. The topological polar surface area (TPSA) is 73.4 Å². The summed E-state index contributed by atoms with van der Waals surface area (Å²) in [7, 11) is 0. The number of benzene rings is 2. The summed E-state index contributed by atoms with van der Waals surface area (Å²) in [6, 6.07) is 15.0. The number of rotatable bonds is 5. The van der Waals surface area contributed by atoms with Crippen LogP contribution in [0.25, 0.3) is 0 Å². The first kappa shape index (κ1) is 21.1. The summed E-state index contributed by atoms with van der Waals surface area (Å²) in [5, 5.41) is 7.69. The van der Waals surface area contributed by atoms with Crippen LogP contribution in [-0.4, -0.2) is 40.2 Å². The van der Waals surface area contributed by atoms with Gasteiger partial charge in [0.2, 0.25) is 5.91 Å². The largest absolute Gasteiger partial charge is 0.384 e. The molecule has 0 unspecified atom stereocenters. The number of amidine groups is 1. The number of nitrogens with one attached hydrogen (secondary N) is 1. The molecule has 0 radical (unpaired) electrons. The number of likely N-dealkylation sites (tertiary alicyclic amines) is 1. The Kier molecular flexibility index (Phi) is 5.28. The Labute approximate surface area is 188 Å². The predicted molar refractivity (Wildman–Crippen MR) is 122 cm³/mol. The molecule has 5 atom stereocenters. The molecule has 3 aliphatic heterocycles. The molecule has 0 aromatic heterocycles. The molecule has 0 saturated carbocycles. The van der Waals surface area contributed by atoms with E-state index in [0.717, 1.165) is 30.5 Å². The van der Waals surface area contributed by atoms with Crippen molar-refractivity contribution >= 4 is 11.7 Å². The Morgan fingerprint density at radius 3 is 2.47 bits per heavy atom. The summed E-state index contributed by atoms with van der Waals surface area (Å²) in [6.07, 6.45) is 2.29. The molecule has 3 fully saturated rings. The van der Waals surface area contributed by atoms with E-state index in [1.54, 1.807) is 12.1 Å². The number of fused-ring (bicyclic) bond motifs is 3. The average molecular weight is 435 g/mol. The number of nitrogens with two attached hydrogens (primary N) is 1. The van der Waals surface area contributed by atoms with Crippen LogP contribution in [0, 0.1) is 29.0 Å². The maximum atomic E-state index is 13.9. The van der Waals surface area contributed by atoms with Gasteiger partial charge in [0.05, 0.1) is 5.92 Å². The molecule has 2 aromatic carbocycles. The Bertz CT molecular complexity index is 1020. The zero-order chi connectivity index (χ0) is 22.6. The number of amides is 1. The molecule has 0 aliphatic carbocycles. The highest BCUT2D eigenvalue weighted by molar-refractivity contribution is 5.95. The van der Waals surface area contributed by atoms with Crippen molar-refractivity contribution in [3.8, 4) is 0 Å². The lowest BCUT2D eigenvalue weighted by Gasteiger charge is -2.35. The normalized spacial score (nSPS) is 29.6.